The van der Waals surface area contributed by atoms with Gasteiger partial charge in [0.1, 0.15) is 5.82 Å². The number of hydrogen-bond acceptors (Lipinski definition) is 3. The predicted octanol–water partition coefficient (Wildman–Crippen LogP) is 1.14. The van der Waals surface area contributed by atoms with E-state index in [2.05, 4.69) is 15.6 Å². The van der Waals surface area contributed by atoms with Crippen LogP contribution in [0.1, 0.15) is 5.56 Å². The number of aromatic nitrogens is 3. The number of rotatable bonds is 3. The monoisotopic (exact) mass is 234 g/mol. The van der Waals surface area contributed by atoms with Gasteiger partial charge in [-0.05, 0) is 11.6 Å². The molecule has 1 N–H and O–H groups in total. The maximum atomic E-state index is 13.3. The van der Waals surface area contributed by atoms with Gasteiger partial charge in [0.25, 0.3) is 0 Å². The first-order valence-corrected chi connectivity index (χ1v) is 5.05. The second-order valence-electron chi connectivity index (χ2n) is 3.59. The molecule has 0 saturated heterocycles. The first kappa shape index (κ1) is 11.3. The number of nitrogens with one attached hydrogen (secondary N) is 1. The summed E-state index contributed by atoms with van der Waals surface area (Å²) in [5, 5.41) is 9.92. The van der Waals surface area contributed by atoms with Crippen molar-refractivity contribution in [2.24, 2.45) is 7.05 Å². The Morgan fingerprint density at radius 3 is 2.88 bits per heavy atom. The van der Waals surface area contributed by atoms with Gasteiger partial charge in [-0.1, -0.05) is 23.4 Å². The molecule has 0 radical (unpaired) electrons. The third kappa shape index (κ3) is 2.87. The molecule has 0 aliphatic rings. The van der Waals surface area contributed by atoms with Crippen LogP contribution in [0.3, 0.4) is 0 Å². The number of benzene rings is 1. The average molecular weight is 234 g/mol. The molecule has 2 aromatic rings. The van der Waals surface area contributed by atoms with Crippen molar-refractivity contribution in [3.05, 3.63) is 41.8 Å². The lowest BCUT2D eigenvalue weighted by molar-refractivity contribution is -0.115. The zero-order valence-electron chi connectivity index (χ0n) is 9.22. The predicted molar refractivity (Wildman–Crippen MR) is 59.7 cm³/mol. The van der Waals surface area contributed by atoms with Gasteiger partial charge in [0, 0.05) is 7.05 Å². The number of nitrogens with zero attached hydrogens (tertiary/aromatic N) is 3. The highest BCUT2D eigenvalue weighted by atomic mass is 19.1. The molecule has 17 heavy (non-hydrogen) atoms. The van der Waals surface area contributed by atoms with Crippen LogP contribution in [-0.4, -0.2) is 20.9 Å². The lowest BCUT2D eigenvalue weighted by atomic mass is 10.1. The number of carbonyl (C=O) groups excluding carboxylic acids is 1. The summed E-state index contributed by atoms with van der Waals surface area (Å²) in [7, 11) is 1.69. The smallest absolute Gasteiger partial charge is 0.230 e. The van der Waals surface area contributed by atoms with E-state index in [1.54, 1.807) is 31.4 Å². The van der Waals surface area contributed by atoms with E-state index < -0.39 is 0 Å². The van der Waals surface area contributed by atoms with Crippen molar-refractivity contribution < 1.29 is 9.18 Å². The van der Waals surface area contributed by atoms with Crippen molar-refractivity contribution in [3.8, 4) is 0 Å². The molecule has 0 saturated carbocycles. The highest BCUT2D eigenvalue weighted by Gasteiger charge is 2.09. The molecule has 0 bridgehead atoms. The van der Waals surface area contributed by atoms with E-state index in [0.717, 1.165) is 0 Å². The molecule has 0 aliphatic heterocycles. The molecule has 1 aromatic carbocycles. The van der Waals surface area contributed by atoms with E-state index in [-0.39, 0.29) is 18.1 Å². The molecule has 1 aromatic heterocycles. The third-order valence-corrected chi connectivity index (χ3v) is 2.18. The number of anilines is 1. The molecule has 2 rings (SSSR count). The second kappa shape index (κ2) is 4.73. The summed E-state index contributed by atoms with van der Waals surface area (Å²) >= 11 is 0. The van der Waals surface area contributed by atoms with E-state index in [1.807, 2.05) is 0 Å². The van der Waals surface area contributed by atoms with Crippen molar-refractivity contribution in [2.45, 2.75) is 6.42 Å². The minimum absolute atomic E-state index is 0.0246. The Labute approximate surface area is 97.3 Å². The van der Waals surface area contributed by atoms with Crippen LogP contribution in [0.2, 0.25) is 0 Å². The quantitative estimate of drug-likeness (QED) is 0.866. The van der Waals surface area contributed by atoms with Crippen LogP contribution in [0.15, 0.2) is 30.5 Å². The molecule has 1 heterocycles. The zero-order chi connectivity index (χ0) is 12.3. The summed E-state index contributed by atoms with van der Waals surface area (Å²) in [4.78, 5) is 11.6. The first-order valence-electron chi connectivity index (χ1n) is 5.05. The molecule has 5 nitrogen and oxygen atoms in total. The van der Waals surface area contributed by atoms with Crippen LogP contribution in [0.25, 0.3) is 0 Å². The van der Waals surface area contributed by atoms with Crippen LogP contribution in [-0.2, 0) is 18.3 Å². The van der Waals surface area contributed by atoms with Gasteiger partial charge in [0.05, 0.1) is 12.6 Å². The zero-order valence-corrected chi connectivity index (χ0v) is 9.22. The lowest BCUT2D eigenvalue weighted by Crippen LogP contribution is -2.15. The number of halogens is 1. The Kier molecular flexibility index (Phi) is 3.13. The van der Waals surface area contributed by atoms with Gasteiger partial charge < -0.3 is 5.32 Å². The second-order valence-corrected chi connectivity index (χ2v) is 3.59. The standard InChI is InChI=1S/C11H11FN4O/c1-16-7-10(14-15-16)13-11(17)6-8-4-2-3-5-9(8)12/h2-5,7H,6H2,1H3,(H,13,17). The van der Waals surface area contributed by atoms with E-state index in [4.69, 9.17) is 0 Å². The summed E-state index contributed by atoms with van der Waals surface area (Å²) in [6.45, 7) is 0. The van der Waals surface area contributed by atoms with Gasteiger partial charge in [-0.2, -0.15) is 0 Å². The Bertz CT molecular complexity index is 538. The fourth-order valence-corrected chi connectivity index (χ4v) is 1.41. The first-order chi connectivity index (χ1) is 8.15. The van der Waals surface area contributed by atoms with Gasteiger partial charge in [-0.25, -0.2) is 4.39 Å². The third-order valence-electron chi connectivity index (χ3n) is 2.18. The SMILES string of the molecule is Cn1cc(NC(=O)Cc2ccccc2F)nn1. The van der Waals surface area contributed by atoms with Gasteiger partial charge >= 0.3 is 0 Å². The highest BCUT2D eigenvalue weighted by molar-refractivity contribution is 5.91. The summed E-state index contributed by atoms with van der Waals surface area (Å²) in [5.41, 5.74) is 0.355. The van der Waals surface area contributed by atoms with Crippen molar-refractivity contribution >= 4 is 11.7 Å². The molecule has 0 fully saturated rings. The molecule has 0 aliphatic carbocycles. The number of aryl methyl sites for hydroxylation is 1. The number of amides is 1. The molecular formula is C11H11FN4O. The highest BCUT2D eigenvalue weighted by Crippen LogP contribution is 2.08. The fraction of sp³-hybridized carbons (Fsp3) is 0.182. The molecule has 88 valence electrons. The molecule has 0 unspecified atom stereocenters. The van der Waals surface area contributed by atoms with Crippen molar-refractivity contribution in [2.75, 3.05) is 5.32 Å². The van der Waals surface area contributed by atoms with Crippen LogP contribution in [0.4, 0.5) is 10.2 Å². The van der Waals surface area contributed by atoms with Gasteiger partial charge in [0.15, 0.2) is 5.82 Å². The average Bonchev–Trinajstić information content (AvgIpc) is 2.67. The van der Waals surface area contributed by atoms with Crippen LogP contribution >= 0.6 is 0 Å². The van der Waals surface area contributed by atoms with Gasteiger partial charge in [-0.3, -0.25) is 9.48 Å². The minimum Gasteiger partial charge on any atom is -0.308 e. The van der Waals surface area contributed by atoms with Crippen LogP contribution in [0.5, 0.6) is 0 Å². The Morgan fingerprint density at radius 2 is 2.24 bits per heavy atom. The largest absolute Gasteiger partial charge is 0.308 e. The van der Waals surface area contributed by atoms with E-state index >= 15 is 0 Å². The Hall–Kier alpha value is -2.24. The maximum absolute atomic E-state index is 13.3. The van der Waals surface area contributed by atoms with Crippen LogP contribution in [0, 0.1) is 5.82 Å². The number of carbonyl (C=O) groups is 1. The molecule has 6 heteroatoms. The lowest BCUT2D eigenvalue weighted by Gasteiger charge is -2.02. The van der Waals surface area contributed by atoms with Gasteiger partial charge in [-0.15, -0.1) is 5.10 Å². The summed E-state index contributed by atoms with van der Waals surface area (Å²) in [6.07, 6.45) is 1.54. The van der Waals surface area contributed by atoms with Gasteiger partial charge in [0.2, 0.25) is 5.91 Å². The molecule has 0 atom stereocenters. The van der Waals surface area contributed by atoms with Crippen LogP contribution < -0.4 is 5.32 Å². The summed E-state index contributed by atoms with van der Waals surface area (Å²) in [6, 6.07) is 6.17. The maximum Gasteiger partial charge on any atom is 0.230 e. The topological polar surface area (TPSA) is 59.8 Å². The summed E-state index contributed by atoms with van der Waals surface area (Å²) < 4.78 is 14.8. The van der Waals surface area contributed by atoms with Crippen molar-refractivity contribution in [3.63, 3.8) is 0 Å². The van der Waals surface area contributed by atoms with E-state index in [1.165, 1.54) is 10.7 Å². The molecule has 0 spiro atoms. The molecule has 1 amide bonds. The molecular weight excluding hydrogens is 223 g/mol. The van der Waals surface area contributed by atoms with Crippen molar-refractivity contribution in [1.82, 2.24) is 15.0 Å². The summed E-state index contributed by atoms with van der Waals surface area (Å²) in [5.74, 6) is -0.355. The van der Waals surface area contributed by atoms with E-state index in [0.29, 0.717) is 11.4 Å². The number of hydrogen-bond donors (Lipinski definition) is 1. The normalized spacial score (nSPS) is 10.2. The fourth-order valence-electron chi connectivity index (χ4n) is 1.41. The minimum atomic E-state index is -0.387. The van der Waals surface area contributed by atoms with E-state index in [9.17, 15) is 9.18 Å². The Balaban J connectivity index is 2.01. The van der Waals surface area contributed by atoms with Crippen molar-refractivity contribution in [1.29, 1.82) is 0 Å². The Morgan fingerprint density at radius 1 is 1.47 bits per heavy atom.